The van der Waals surface area contributed by atoms with Gasteiger partial charge in [0.2, 0.25) is 5.91 Å². The van der Waals surface area contributed by atoms with Crippen molar-refractivity contribution in [1.29, 1.82) is 0 Å². The van der Waals surface area contributed by atoms with E-state index in [1.54, 1.807) is 6.20 Å². The molecule has 1 aliphatic rings. The summed E-state index contributed by atoms with van der Waals surface area (Å²) in [6, 6.07) is 15.7. The van der Waals surface area contributed by atoms with Gasteiger partial charge in [0.05, 0.1) is 17.8 Å². The van der Waals surface area contributed by atoms with E-state index in [0.717, 1.165) is 28.3 Å². The Hall–Kier alpha value is -3.19. The molecule has 0 bridgehead atoms. The van der Waals surface area contributed by atoms with Crippen LogP contribution in [0.2, 0.25) is 0 Å². The van der Waals surface area contributed by atoms with Crippen molar-refractivity contribution in [3.05, 3.63) is 82.9 Å². The molecule has 4 rings (SSSR count). The SMILES string of the molecule is Cc1ccc(NC(=O)CCN2C(=S)N[C@@H](c3ccccn3)[C@H]2c2cc(C)[nH]c2C)cc1. The first-order valence-electron chi connectivity index (χ1n) is 10.4. The molecule has 0 spiro atoms. The molecule has 3 aromatic rings. The Labute approximate surface area is 188 Å². The fourth-order valence-corrected chi connectivity index (χ4v) is 4.45. The molecule has 0 saturated carbocycles. The summed E-state index contributed by atoms with van der Waals surface area (Å²) in [7, 11) is 0. The average Bonchev–Trinajstić information content (AvgIpc) is 3.26. The summed E-state index contributed by atoms with van der Waals surface area (Å²) in [6.07, 6.45) is 2.13. The molecule has 7 heteroatoms. The standard InChI is InChI=1S/C24H27N5OS/c1-15-7-9-18(10-8-15)27-21(30)11-13-29-23(19-14-16(2)26-17(19)3)22(28-24(29)31)20-6-4-5-12-25-20/h4-10,12,14,22-23,26H,11,13H2,1-3H3,(H,27,30)(H,28,31)/t22-,23+/m0/s1. The summed E-state index contributed by atoms with van der Waals surface area (Å²) in [4.78, 5) is 22.7. The van der Waals surface area contributed by atoms with Crippen molar-refractivity contribution in [2.75, 3.05) is 11.9 Å². The zero-order valence-corrected chi connectivity index (χ0v) is 18.8. The fourth-order valence-electron chi connectivity index (χ4n) is 4.12. The van der Waals surface area contributed by atoms with E-state index >= 15 is 0 Å². The van der Waals surface area contributed by atoms with Crippen LogP contribution in [0, 0.1) is 20.8 Å². The summed E-state index contributed by atoms with van der Waals surface area (Å²) in [5, 5.41) is 7.05. The van der Waals surface area contributed by atoms with Gasteiger partial charge in [0.1, 0.15) is 0 Å². The maximum absolute atomic E-state index is 12.6. The molecule has 2 aromatic heterocycles. The second-order valence-corrected chi connectivity index (χ2v) is 8.40. The van der Waals surface area contributed by atoms with E-state index in [4.69, 9.17) is 12.2 Å². The molecular formula is C24H27N5OS. The second kappa shape index (κ2) is 8.89. The summed E-state index contributed by atoms with van der Waals surface area (Å²) in [6.45, 7) is 6.66. The Balaban J connectivity index is 1.54. The number of nitrogens with zero attached hydrogens (tertiary/aromatic N) is 2. The lowest BCUT2D eigenvalue weighted by Crippen LogP contribution is -2.32. The van der Waals surface area contributed by atoms with Crippen molar-refractivity contribution >= 4 is 28.9 Å². The summed E-state index contributed by atoms with van der Waals surface area (Å²) in [5.41, 5.74) is 6.26. The molecule has 1 aliphatic heterocycles. The first kappa shape index (κ1) is 21.1. The Morgan fingerprint density at radius 3 is 2.58 bits per heavy atom. The maximum Gasteiger partial charge on any atom is 0.226 e. The number of aromatic nitrogens is 2. The number of aromatic amines is 1. The quantitative estimate of drug-likeness (QED) is 0.505. The molecule has 1 amide bonds. The van der Waals surface area contributed by atoms with Crippen LogP contribution in [-0.2, 0) is 4.79 Å². The van der Waals surface area contributed by atoms with Crippen LogP contribution < -0.4 is 10.6 Å². The van der Waals surface area contributed by atoms with Gasteiger partial charge in [0, 0.05) is 36.2 Å². The number of pyridine rings is 1. The molecule has 6 nitrogen and oxygen atoms in total. The Bertz CT molecular complexity index is 1080. The van der Waals surface area contributed by atoms with Crippen molar-refractivity contribution < 1.29 is 4.79 Å². The highest BCUT2D eigenvalue weighted by Gasteiger charge is 2.40. The monoisotopic (exact) mass is 433 g/mol. The van der Waals surface area contributed by atoms with Gasteiger partial charge in [-0.25, -0.2) is 0 Å². The van der Waals surface area contributed by atoms with Gasteiger partial charge in [0.25, 0.3) is 0 Å². The van der Waals surface area contributed by atoms with Crippen LogP contribution in [0.1, 0.15) is 46.7 Å². The molecule has 3 heterocycles. The molecule has 1 fully saturated rings. The highest BCUT2D eigenvalue weighted by Crippen LogP contribution is 2.40. The van der Waals surface area contributed by atoms with Crippen LogP contribution in [0.3, 0.4) is 0 Å². The number of carbonyl (C=O) groups is 1. The van der Waals surface area contributed by atoms with E-state index in [1.165, 1.54) is 5.56 Å². The summed E-state index contributed by atoms with van der Waals surface area (Å²) in [5.74, 6) is -0.0336. The molecule has 1 aromatic carbocycles. The molecule has 160 valence electrons. The Kier molecular flexibility index (Phi) is 6.04. The Morgan fingerprint density at radius 2 is 1.94 bits per heavy atom. The third kappa shape index (κ3) is 4.61. The van der Waals surface area contributed by atoms with E-state index in [9.17, 15) is 4.79 Å². The first-order valence-corrected chi connectivity index (χ1v) is 10.8. The number of H-pyrrole nitrogens is 1. The van der Waals surface area contributed by atoms with Gasteiger partial charge < -0.3 is 20.5 Å². The number of benzene rings is 1. The van der Waals surface area contributed by atoms with Gasteiger partial charge >= 0.3 is 0 Å². The number of hydrogen-bond acceptors (Lipinski definition) is 3. The third-order valence-corrected chi connectivity index (χ3v) is 5.97. The molecule has 3 N–H and O–H groups in total. The number of carbonyl (C=O) groups excluding carboxylic acids is 1. The van der Waals surface area contributed by atoms with E-state index < -0.39 is 0 Å². The number of anilines is 1. The number of nitrogens with one attached hydrogen (secondary N) is 3. The third-order valence-electron chi connectivity index (χ3n) is 5.62. The predicted molar refractivity (Wildman–Crippen MR) is 127 cm³/mol. The molecule has 1 saturated heterocycles. The zero-order valence-electron chi connectivity index (χ0n) is 18.0. The molecular weight excluding hydrogens is 406 g/mol. The normalized spacial score (nSPS) is 18.2. The highest BCUT2D eigenvalue weighted by atomic mass is 32.1. The van der Waals surface area contributed by atoms with Crippen molar-refractivity contribution in [2.45, 2.75) is 39.3 Å². The molecule has 31 heavy (non-hydrogen) atoms. The minimum Gasteiger partial charge on any atom is -0.362 e. The number of thiocarbonyl (C=S) groups is 1. The van der Waals surface area contributed by atoms with Crippen LogP contribution in [0.15, 0.2) is 54.7 Å². The number of amides is 1. The Morgan fingerprint density at radius 1 is 1.16 bits per heavy atom. The van der Waals surface area contributed by atoms with Crippen molar-refractivity contribution in [1.82, 2.24) is 20.2 Å². The predicted octanol–water partition coefficient (Wildman–Crippen LogP) is 4.34. The molecule has 0 unspecified atom stereocenters. The van der Waals surface area contributed by atoms with E-state index in [0.29, 0.717) is 18.1 Å². The topological polar surface area (TPSA) is 73.1 Å². The summed E-state index contributed by atoms with van der Waals surface area (Å²) >= 11 is 5.69. The highest BCUT2D eigenvalue weighted by molar-refractivity contribution is 7.80. The first-order chi connectivity index (χ1) is 14.9. The van der Waals surface area contributed by atoms with Gasteiger partial charge in [-0.1, -0.05) is 23.8 Å². The van der Waals surface area contributed by atoms with Crippen LogP contribution in [-0.4, -0.2) is 32.4 Å². The largest absolute Gasteiger partial charge is 0.362 e. The van der Waals surface area contributed by atoms with Gasteiger partial charge in [0.15, 0.2) is 5.11 Å². The fraction of sp³-hybridized carbons (Fsp3) is 0.292. The number of rotatable bonds is 6. The maximum atomic E-state index is 12.6. The summed E-state index contributed by atoms with van der Waals surface area (Å²) < 4.78 is 0. The lowest BCUT2D eigenvalue weighted by atomic mass is 9.96. The lowest BCUT2D eigenvalue weighted by Gasteiger charge is -2.27. The van der Waals surface area contributed by atoms with Crippen LogP contribution >= 0.6 is 12.2 Å². The van der Waals surface area contributed by atoms with Gasteiger partial charge in [-0.05, 0) is 68.9 Å². The smallest absolute Gasteiger partial charge is 0.226 e. The van der Waals surface area contributed by atoms with E-state index in [2.05, 4.69) is 38.5 Å². The van der Waals surface area contributed by atoms with Gasteiger partial charge in [-0.3, -0.25) is 9.78 Å². The van der Waals surface area contributed by atoms with Crippen LogP contribution in [0.25, 0.3) is 0 Å². The molecule has 2 atom stereocenters. The minimum absolute atomic E-state index is 0.0336. The van der Waals surface area contributed by atoms with Crippen LogP contribution in [0.4, 0.5) is 5.69 Å². The minimum atomic E-state index is -0.0808. The number of aryl methyl sites for hydroxylation is 3. The molecule has 0 radical (unpaired) electrons. The van der Waals surface area contributed by atoms with Crippen molar-refractivity contribution in [2.24, 2.45) is 0 Å². The van der Waals surface area contributed by atoms with Crippen molar-refractivity contribution in [3.8, 4) is 0 Å². The van der Waals surface area contributed by atoms with Gasteiger partial charge in [-0.2, -0.15) is 0 Å². The van der Waals surface area contributed by atoms with Crippen LogP contribution in [0.5, 0.6) is 0 Å². The lowest BCUT2D eigenvalue weighted by molar-refractivity contribution is -0.116. The number of hydrogen-bond donors (Lipinski definition) is 3. The second-order valence-electron chi connectivity index (χ2n) is 8.02. The van der Waals surface area contributed by atoms with E-state index in [1.807, 2.05) is 56.3 Å². The van der Waals surface area contributed by atoms with Gasteiger partial charge in [-0.15, -0.1) is 0 Å². The van der Waals surface area contributed by atoms with Crippen molar-refractivity contribution in [3.63, 3.8) is 0 Å². The average molecular weight is 434 g/mol. The zero-order chi connectivity index (χ0) is 22.0. The van der Waals surface area contributed by atoms with E-state index in [-0.39, 0.29) is 18.0 Å². The molecule has 0 aliphatic carbocycles.